The monoisotopic (exact) mass is 639 g/mol. The van der Waals surface area contributed by atoms with E-state index in [1.807, 2.05) is 36.9 Å². The predicted octanol–water partition coefficient (Wildman–Crippen LogP) is 7.07. The lowest BCUT2D eigenvalue weighted by molar-refractivity contribution is -0.192. The Morgan fingerprint density at radius 1 is 1.02 bits per heavy atom. The van der Waals surface area contributed by atoms with Crippen LogP contribution in [0.5, 0.6) is 0 Å². The first-order chi connectivity index (χ1) is 21.3. The molecule has 2 amide bonds. The highest BCUT2D eigenvalue weighted by Gasteiger charge is 2.50. The van der Waals surface area contributed by atoms with Crippen molar-refractivity contribution in [3.8, 4) is 0 Å². The summed E-state index contributed by atoms with van der Waals surface area (Å²) in [4.78, 5) is 42.0. The molecular weight excluding hydrogens is 587 g/mol. The van der Waals surface area contributed by atoms with Crippen molar-refractivity contribution in [2.75, 3.05) is 39.3 Å². The maximum Gasteiger partial charge on any atom is 0.490 e. The Balaban J connectivity index is 0.000000707. The smallest absolute Gasteiger partial charge is 0.475 e. The maximum atomic E-state index is 13.3. The number of amides is 2. The van der Waals surface area contributed by atoms with Gasteiger partial charge in [0.05, 0.1) is 0 Å². The van der Waals surface area contributed by atoms with Gasteiger partial charge in [0, 0.05) is 69.6 Å². The number of likely N-dealkylation sites (tertiary alicyclic amines) is 2. The maximum absolute atomic E-state index is 13.3. The number of alkyl halides is 3. The molecule has 1 unspecified atom stereocenters. The van der Waals surface area contributed by atoms with Crippen molar-refractivity contribution in [2.45, 2.75) is 110 Å². The third kappa shape index (κ3) is 9.36. The van der Waals surface area contributed by atoms with Crippen LogP contribution in [0.3, 0.4) is 0 Å². The molecule has 11 heteroatoms. The first-order valence-corrected chi connectivity index (χ1v) is 16.6. The van der Waals surface area contributed by atoms with Crippen LogP contribution < -0.4 is 0 Å². The van der Waals surface area contributed by atoms with Gasteiger partial charge in [-0.1, -0.05) is 64.7 Å². The lowest BCUT2D eigenvalue weighted by Crippen LogP contribution is -2.61. The minimum absolute atomic E-state index is 0.0867. The highest BCUT2D eigenvalue weighted by Crippen LogP contribution is 2.42. The van der Waals surface area contributed by atoms with Crippen LogP contribution in [0.25, 0.3) is 0 Å². The van der Waals surface area contributed by atoms with Gasteiger partial charge in [0.1, 0.15) is 5.60 Å². The molecule has 0 radical (unpaired) electrons. The molecule has 4 rings (SSSR count). The Morgan fingerprint density at radius 2 is 1.58 bits per heavy atom. The zero-order valence-corrected chi connectivity index (χ0v) is 27.6. The van der Waals surface area contributed by atoms with Gasteiger partial charge in [-0.2, -0.15) is 13.2 Å². The average molecular weight is 640 g/mol. The summed E-state index contributed by atoms with van der Waals surface area (Å²) in [7, 11) is 0. The minimum Gasteiger partial charge on any atom is -0.475 e. The second-order valence-electron chi connectivity index (χ2n) is 13.0. The lowest BCUT2D eigenvalue weighted by Gasteiger charge is -2.52. The number of hydrogen-bond donors (Lipinski definition) is 1. The highest BCUT2D eigenvalue weighted by atomic mass is 19.4. The van der Waals surface area contributed by atoms with Gasteiger partial charge in [0.25, 0.3) is 5.91 Å². The summed E-state index contributed by atoms with van der Waals surface area (Å²) in [6, 6.07) is 6.60. The fraction of sp³-hybridized carbons (Fsp3) is 0.735. The van der Waals surface area contributed by atoms with E-state index in [9.17, 15) is 22.8 Å². The fourth-order valence-corrected chi connectivity index (χ4v) is 7.16. The summed E-state index contributed by atoms with van der Waals surface area (Å²) >= 11 is 0. The van der Waals surface area contributed by atoms with Crippen LogP contribution >= 0.6 is 0 Å². The predicted molar refractivity (Wildman–Crippen MR) is 167 cm³/mol. The molecule has 0 bridgehead atoms. The molecule has 3 heterocycles. The van der Waals surface area contributed by atoms with Gasteiger partial charge in [-0.25, -0.2) is 9.59 Å². The van der Waals surface area contributed by atoms with Crippen molar-refractivity contribution in [2.24, 2.45) is 11.8 Å². The van der Waals surface area contributed by atoms with Crippen molar-refractivity contribution in [3.63, 3.8) is 0 Å². The van der Waals surface area contributed by atoms with Crippen molar-refractivity contribution in [1.29, 1.82) is 0 Å². The molecule has 3 saturated heterocycles. The Bertz CT molecular complexity index is 1120. The number of rotatable bonds is 9. The molecule has 1 spiro atoms. The minimum atomic E-state index is -5.08. The van der Waals surface area contributed by atoms with Gasteiger partial charge in [-0.05, 0) is 50.2 Å². The second kappa shape index (κ2) is 16.1. The van der Waals surface area contributed by atoms with E-state index in [-0.39, 0.29) is 17.6 Å². The molecule has 254 valence electrons. The van der Waals surface area contributed by atoms with Crippen molar-refractivity contribution in [1.82, 2.24) is 14.7 Å². The number of unbranched alkanes of at least 4 members (excludes halogenated alkanes) is 1. The van der Waals surface area contributed by atoms with Gasteiger partial charge in [0.15, 0.2) is 0 Å². The number of halogens is 3. The second-order valence-corrected chi connectivity index (χ2v) is 13.0. The molecular formula is C34H52F3N3O5. The number of carboxylic acids is 1. The molecule has 1 atom stereocenters. The highest BCUT2D eigenvalue weighted by molar-refractivity contribution is 5.97. The zero-order valence-electron chi connectivity index (χ0n) is 27.6. The van der Waals surface area contributed by atoms with Gasteiger partial charge in [-0.15, -0.1) is 0 Å². The van der Waals surface area contributed by atoms with Crippen LogP contribution in [0.2, 0.25) is 0 Å². The molecule has 3 fully saturated rings. The van der Waals surface area contributed by atoms with E-state index in [1.165, 1.54) is 12.8 Å². The standard InChI is InChI=1S/C32H51N3O3.C2HF3O2/c1-6-9-13-27-23-35(22-26(7-2)8-3)31(37)38-32(27)16-20-33(21-17-32)28-14-18-34(19-15-28)30(36)29-24(4)11-10-12-25(29)5;3-2(4,5)1(6)7/h10-12,26-28H,6-9,13-23H2,1-5H3;(H,6,7). The number of benzene rings is 1. The number of aliphatic carboxylic acids is 1. The number of carbonyl (C=O) groups excluding carboxylic acids is 2. The van der Waals surface area contributed by atoms with E-state index >= 15 is 0 Å². The van der Waals surface area contributed by atoms with Gasteiger partial charge in [0.2, 0.25) is 0 Å². The number of ether oxygens (including phenoxy) is 1. The van der Waals surface area contributed by atoms with E-state index in [0.29, 0.717) is 17.9 Å². The first-order valence-electron chi connectivity index (χ1n) is 16.6. The van der Waals surface area contributed by atoms with Gasteiger partial charge in [-0.3, -0.25) is 9.69 Å². The molecule has 3 aliphatic heterocycles. The first kappa shape index (κ1) is 36.6. The van der Waals surface area contributed by atoms with Crippen LogP contribution in [0.4, 0.5) is 18.0 Å². The number of carbonyl (C=O) groups is 3. The molecule has 1 aromatic rings. The van der Waals surface area contributed by atoms with Crippen molar-refractivity contribution in [3.05, 3.63) is 34.9 Å². The van der Waals surface area contributed by atoms with Crippen LogP contribution in [0.1, 0.15) is 100 Å². The number of carboxylic acid groups (broad SMARTS) is 1. The molecule has 1 aromatic carbocycles. The quantitative estimate of drug-likeness (QED) is 0.311. The summed E-state index contributed by atoms with van der Waals surface area (Å²) in [6.45, 7) is 16.1. The van der Waals surface area contributed by atoms with Crippen LogP contribution in [0, 0.1) is 25.7 Å². The SMILES string of the molecule is CCCCC1CN(CC(CC)CC)C(=O)OC12CCN(C1CCN(C(=O)c3c(C)cccc3C)CC1)CC2.O=C(O)C(F)(F)F. The summed E-state index contributed by atoms with van der Waals surface area (Å²) in [5, 5.41) is 7.12. The third-order valence-electron chi connectivity index (χ3n) is 10.1. The molecule has 1 N–H and O–H groups in total. The Hall–Kier alpha value is -2.82. The molecule has 3 aliphatic rings. The summed E-state index contributed by atoms with van der Waals surface area (Å²) in [6.07, 6.45) is 4.47. The molecule has 0 saturated carbocycles. The van der Waals surface area contributed by atoms with Crippen LogP contribution in [0.15, 0.2) is 18.2 Å². The van der Waals surface area contributed by atoms with Crippen LogP contribution in [-0.2, 0) is 9.53 Å². The van der Waals surface area contributed by atoms with E-state index < -0.39 is 12.1 Å². The zero-order chi connectivity index (χ0) is 33.4. The number of hydrogen-bond acceptors (Lipinski definition) is 5. The molecule has 45 heavy (non-hydrogen) atoms. The average Bonchev–Trinajstić information content (AvgIpc) is 3.00. The Kier molecular flexibility index (Phi) is 13.1. The fourth-order valence-electron chi connectivity index (χ4n) is 7.16. The summed E-state index contributed by atoms with van der Waals surface area (Å²) in [5.74, 6) is -1.60. The van der Waals surface area contributed by atoms with Gasteiger partial charge >= 0.3 is 18.2 Å². The van der Waals surface area contributed by atoms with Gasteiger partial charge < -0.3 is 19.6 Å². The molecule has 0 aliphatic carbocycles. The van der Waals surface area contributed by atoms with E-state index in [2.05, 4.69) is 30.6 Å². The summed E-state index contributed by atoms with van der Waals surface area (Å²) in [5.41, 5.74) is 2.71. The third-order valence-corrected chi connectivity index (χ3v) is 10.1. The Morgan fingerprint density at radius 3 is 2.07 bits per heavy atom. The number of aryl methyl sites for hydroxylation is 2. The molecule has 8 nitrogen and oxygen atoms in total. The lowest BCUT2D eigenvalue weighted by atomic mass is 9.75. The largest absolute Gasteiger partial charge is 0.490 e. The summed E-state index contributed by atoms with van der Waals surface area (Å²) < 4.78 is 38.1. The normalized spacial score (nSPS) is 21.0. The topological polar surface area (TPSA) is 90.4 Å². The van der Waals surface area contributed by atoms with E-state index in [1.54, 1.807) is 0 Å². The van der Waals surface area contributed by atoms with E-state index in [0.717, 1.165) is 101 Å². The van der Waals surface area contributed by atoms with Crippen molar-refractivity contribution >= 4 is 18.0 Å². The Labute approximate surface area is 266 Å². The van der Waals surface area contributed by atoms with E-state index in [4.69, 9.17) is 14.6 Å². The molecule has 0 aromatic heterocycles. The van der Waals surface area contributed by atoms with Crippen molar-refractivity contribution < 1.29 is 37.4 Å². The van der Waals surface area contributed by atoms with Crippen LogP contribution in [-0.4, -0.2) is 94.9 Å². The number of piperidine rings is 2. The number of nitrogens with zero attached hydrogens (tertiary/aromatic N) is 3.